The van der Waals surface area contributed by atoms with Crippen molar-refractivity contribution < 1.29 is 4.79 Å². The van der Waals surface area contributed by atoms with Gasteiger partial charge in [0, 0.05) is 16.8 Å². The van der Waals surface area contributed by atoms with Crippen molar-refractivity contribution in [2.75, 3.05) is 0 Å². The summed E-state index contributed by atoms with van der Waals surface area (Å²) in [5.74, 6) is -0.0270. The Hall–Kier alpha value is -1.32. The van der Waals surface area contributed by atoms with Crippen molar-refractivity contribution in [3.05, 3.63) is 51.8 Å². The van der Waals surface area contributed by atoms with Gasteiger partial charge in [0.25, 0.3) is 0 Å². The van der Waals surface area contributed by atoms with E-state index in [0.29, 0.717) is 15.6 Å². The van der Waals surface area contributed by atoms with Crippen LogP contribution in [0, 0.1) is 6.92 Å². The Morgan fingerprint density at radius 2 is 1.94 bits per heavy atom. The highest BCUT2D eigenvalue weighted by molar-refractivity contribution is 6.31. The largest absolute Gasteiger partial charge is 0.292 e. The van der Waals surface area contributed by atoms with Gasteiger partial charge in [-0.1, -0.05) is 23.2 Å². The van der Waals surface area contributed by atoms with Gasteiger partial charge in [-0.2, -0.15) is 5.10 Å². The minimum Gasteiger partial charge on any atom is -0.292 e. The molecule has 2 aromatic rings. The molecule has 0 atom stereocenters. The van der Waals surface area contributed by atoms with Crippen molar-refractivity contribution in [1.82, 2.24) is 9.78 Å². The van der Waals surface area contributed by atoms with E-state index < -0.39 is 0 Å². The van der Waals surface area contributed by atoms with Crippen molar-refractivity contribution >= 4 is 29.0 Å². The molecule has 17 heavy (non-hydrogen) atoms. The van der Waals surface area contributed by atoms with Crippen LogP contribution in [-0.4, -0.2) is 15.6 Å². The predicted octanol–water partition coefficient (Wildman–Crippen LogP) is 3.38. The summed E-state index contributed by atoms with van der Waals surface area (Å²) in [5.41, 5.74) is 1.33. The van der Waals surface area contributed by atoms with E-state index in [0.717, 1.165) is 5.69 Å². The Kier molecular flexibility index (Phi) is 3.50. The fourth-order valence-corrected chi connectivity index (χ4v) is 1.73. The molecule has 3 nitrogen and oxygen atoms in total. The smallest absolute Gasteiger partial charge is 0.184 e. The van der Waals surface area contributed by atoms with Crippen LogP contribution < -0.4 is 0 Å². The molecule has 88 valence electrons. The molecular formula is C12H10Cl2N2O. The topological polar surface area (TPSA) is 34.9 Å². The Balaban J connectivity index is 2.14. The van der Waals surface area contributed by atoms with Crippen molar-refractivity contribution in [3.8, 4) is 0 Å². The van der Waals surface area contributed by atoms with Gasteiger partial charge in [-0.15, -0.1) is 0 Å². The number of carbonyl (C=O) groups excluding carboxylic acids is 1. The maximum absolute atomic E-state index is 11.9. The standard InChI is InChI=1S/C12H10Cl2N2O/c1-8-11(14)6-16(15-8)7-12(17)9-2-4-10(13)5-3-9/h2-6H,7H2,1H3. The van der Waals surface area contributed by atoms with Crippen LogP contribution >= 0.6 is 23.2 Å². The van der Waals surface area contributed by atoms with Gasteiger partial charge in [0.05, 0.1) is 10.7 Å². The van der Waals surface area contributed by atoms with Gasteiger partial charge in [0.2, 0.25) is 0 Å². The molecule has 0 saturated carbocycles. The maximum atomic E-state index is 11.9. The van der Waals surface area contributed by atoms with E-state index in [9.17, 15) is 4.79 Å². The van der Waals surface area contributed by atoms with Crippen molar-refractivity contribution in [1.29, 1.82) is 0 Å². The number of aromatic nitrogens is 2. The number of benzene rings is 1. The average molecular weight is 269 g/mol. The van der Waals surface area contributed by atoms with Gasteiger partial charge in [-0.3, -0.25) is 9.48 Å². The fraction of sp³-hybridized carbons (Fsp3) is 0.167. The summed E-state index contributed by atoms with van der Waals surface area (Å²) >= 11 is 11.6. The van der Waals surface area contributed by atoms with Gasteiger partial charge in [-0.25, -0.2) is 0 Å². The molecule has 0 bridgehead atoms. The molecule has 0 radical (unpaired) electrons. The quantitative estimate of drug-likeness (QED) is 0.800. The number of halogens is 2. The van der Waals surface area contributed by atoms with Crippen LogP contribution in [0.4, 0.5) is 0 Å². The normalized spacial score (nSPS) is 10.5. The summed E-state index contributed by atoms with van der Waals surface area (Å²) in [5, 5.41) is 5.31. The number of hydrogen-bond donors (Lipinski definition) is 0. The molecule has 0 amide bonds. The third-order valence-electron chi connectivity index (χ3n) is 2.36. The van der Waals surface area contributed by atoms with Crippen LogP contribution in [0.1, 0.15) is 16.1 Å². The Morgan fingerprint density at radius 1 is 1.29 bits per heavy atom. The van der Waals surface area contributed by atoms with Gasteiger partial charge in [0.1, 0.15) is 6.54 Å². The number of carbonyl (C=O) groups is 1. The lowest BCUT2D eigenvalue weighted by Crippen LogP contribution is -2.10. The highest BCUT2D eigenvalue weighted by atomic mass is 35.5. The van der Waals surface area contributed by atoms with Crippen LogP contribution in [-0.2, 0) is 6.54 Å². The Bertz CT molecular complexity index is 527. The molecule has 0 aliphatic carbocycles. The number of hydrogen-bond acceptors (Lipinski definition) is 2. The number of Topliss-reactive ketones (excluding diaryl/α,β-unsaturated/α-hetero) is 1. The SMILES string of the molecule is Cc1nn(CC(=O)c2ccc(Cl)cc2)cc1Cl. The zero-order valence-corrected chi connectivity index (χ0v) is 10.7. The second kappa shape index (κ2) is 4.90. The predicted molar refractivity (Wildman–Crippen MR) is 67.8 cm³/mol. The van der Waals surface area contributed by atoms with Crippen LogP contribution in [0.5, 0.6) is 0 Å². The minimum atomic E-state index is -0.0270. The first-order valence-electron chi connectivity index (χ1n) is 5.04. The van der Waals surface area contributed by atoms with E-state index in [-0.39, 0.29) is 12.3 Å². The molecule has 0 aliphatic heterocycles. The first-order chi connectivity index (χ1) is 8.06. The summed E-state index contributed by atoms with van der Waals surface area (Å²) in [6.45, 7) is 1.97. The van der Waals surface area contributed by atoms with Crippen LogP contribution in [0.25, 0.3) is 0 Å². The van der Waals surface area contributed by atoms with Crippen molar-refractivity contribution in [2.24, 2.45) is 0 Å². The van der Waals surface area contributed by atoms with E-state index >= 15 is 0 Å². The minimum absolute atomic E-state index is 0.0270. The number of rotatable bonds is 3. The number of aryl methyl sites for hydroxylation is 1. The average Bonchev–Trinajstić information content (AvgIpc) is 2.58. The van der Waals surface area contributed by atoms with Gasteiger partial charge >= 0.3 is 0 Å². The number of nitrogens with zero attached hydrogens (tertiary/aromatic N) is 2. The second-order valence-corrected chi connectivity index (χ2v) is 4.53. The maximum Gasteiger partial charge on any atom is 0.184 e. The molecular weight excluding hydrogens is 259 g/mol. The Morgan fingerprint density at radius 3 is 2.47 bits per heavy atom. The van der Waals surface area contributed by atoms with E-state index in [4.69, 9.17) is 23.2 Å². The Labute approximate surface area is 109 Å². The zero-order chi connectivity index (χ0) is 12.4. The lowest BCUT2D eigenvalue weighted by atomic mass is 10.1. The van der Waals surface area contributed by atoms with Gasteiger partial charge < -0.3 is 0 Å². The molecule has 0 fully saturated rings. The first kappa shape index (κ1) is 12.1. The molecule has 0 aliphatic rings. The molecule has 1 aromatic heterocycles. The molecule has 1 heterocycles. The molecule has 0 N–H and O–H groups in total. The van der Waals surface area contributed by atoms with E-state index in [1.807, 2.05) is 0 Å². The number of ketones is 1. The highest BCUT2D eigenvalue weighted by Crippen LogP contribution is 2.14. The van der Waals surface area contributed by atoms with Crippen molar-refractivity contribution in [3.63, 3.8) is 0 Å². The summed E-state index contributed by atoms with van der Waals surface area (Å²) in [6.07, 6.45) is 1.64. The summed E-state index contributed by atoms with van der Waals surface area (Å²) < 4.78 is 1.54. The lowest BCUT2D eigenvalue weighted by molar-refractivity contribution is 0.0967. The first-order valence-corrected chi connectivity index (χ1v) is 5.80. The molecule has 0 saturated heterocycles. The van der Waals surface area contributed by atoms with E-state index in [2.05, 4.69) is 5.10 Å². The lowest BCUT2D eigenvalue weighted by Gasteiger charge is -2.01. The monoisotopic (exact) mass is 268 g/mol. The second-order valence-electron chi connectivity index (χ2n) is 3.69. The van der Waals surface area contributed by atoms with Crippen LogP contribution in [0.2, 0.25) is 10.0 Å². The van der Waals surface area contributed by atoms with Crippen molar-refractivity contribution in [2.45, 2.75) is 13.5 Å². The van der Waals surface area contributed by atoms with E-state index in [1.54, 1.807) is 37.4 Å². The third-order valence-corrected chi connectivity index (χ3v) is 2.98. The molecule has 0 spiro atoms. The third kappa shape index (κ3) is 2.87. The fourth-order valence-electron chi connectivity index (χ4n) is 1.45. The molecule has 0 unspecified atom stereocenters. The van der Waals surface area contributed by atoms with Gasteiger partial charge in [-0.05, 0) is 31.2 Å². The summed E-state index contributed by atoms with van der Waals surface area (Å²) in [7, 11) is 0. The van der Waals surface area contributed by atoms with E-state index in [1.165, 1.54) is 4.68 Å². The molecule has 1 aromatic carbocycles. The molecule has 5 heteroatoms. The summed E-state index contributed by atoms with van der Waals surface area (Å²) in [6, 6.07) is 6.78. The zero-order valence-electron chi connectivity index (χ0n) is 9.15. The van der Waals surface area contributed by atoms with Crippen LogP contribution in [0.3, 0.4) is 0 Å². The molecule has 2 rings (SSSR count). The highest BCUT2D eigenvalue weighted by Gasteiger charge is 2.09. The summed E-state index contributed by atoms with van der Waals surface area (Å²) in [4.78, 5) is 11.9. The van der Waals surface area contributed by atoms with Gasteiger partial charge in [0.15, 0.2) is 5.78 Å². The van der Waals surface area contributed by atoms with Crippen LogP contribution in [0.15, 0.2) is 30.5 Å².